The standard InChI is InChI=1S/C20H16N2O4S/c23-19(21-11-13-7-8-16-17(10-13)26-12-25-16)14-4-1-2-5-15(14)22-20(24)18-6-3-9-27-18/h1-10H,11-12H2,(H,21,23)(H,22,24). The number of ether oxygens (including phenoxy) is 2. The van der Waals surface area contributed by atoms with Crippen LogP contribution < -0.4 is 20.1 Å². The number of carbonyl (C=O) groups excluding carboxylic acids is 2. The van der Waals surface area contributed by atoms with Crippen molar-refractivity contribution in [3.05, 3.63) is 76.0 Å². The van der Waals surface area contributed by atoms with Crippen molar-refractivity contribution in [2.75, 3.05) is 12.1 Å². The highest BCUT2D eigenvalue weighted by Gasteiger charge is 2.16. The van der Waals surface area contributed by atoms with Crippen LogP contribution in [0.2, 0.25) is 0 Å². The van der Waals surface area contributed by atoms with Crippen LogP contribution in [0.25, 0.3) is 0 Å². The SMILES string of the molecule is O=C(Nc1ccccc1C(=O)NCc1ccc2c(c1)OCO2)c1cccs1. The molecular weight excluding hydrogens is 364 g/mol. The molecule has 1 aliphatic rings. The molecule has 6 nitrogen and oxygen atoms in total. The zero-order chi connectivity index (χ0) is 18.6. The Morgan fingerprint density at radius 2 is 1.81 bits per heavy atom. The molecule has 0 atom stereocenters. The molecule has 2 heterocycles. The van der Waals surface area contributed by atoms with Crippen LogP contribution in [0.1, 0.15) is 25.6 Å². The Morgan fingerprint density at radius 3 is 2.67 bits per heavy atom. The van der Waals surface area contributed by atoms with E-state index in [1.165, 1.54) is 11.3 Å². The van der Waals surface area contributed by atoms with Crippen molar-refractivity contribution in [1.29, 1.82) is 0 Å². The first-order chi connectivity index (χ1) is 13.2. The lowest BCUT2D eigenvalue weighted by atomic mass is 10.1. The fraction of sp³-hybridized carbons (Fsp3) is 0.100. The molecule has 2 amide bonds. The van der Waals surface area contributed by atoms with Crippen molar-refractivity contribution < 1.29 is 19.1 Å². The van der Waals surface area contributed by atoms with E-state index in [2.05, 4.69) is 10.6 Å². The number of hydrogen-bond donors (Lipinski definition) is 2. The monoisotopic (exact) mass is 380 g/mol. The Balaban J connectivity index is 1.45. The largest absolute Gasteiger partial charge is 0.454 e. The van der Waals surface area contributed by atoms with Gasteiger partial charge in [0.05, 0.1) is 16.1 Å². The Morgan fingerprint density at radius 1 is 0.963 bits per heavy atom. The minimum absolute atomic E-state index is 0.211. The fourth-order valence-electron chi connectivity index (χ4n) is 2.71. The zero-order valence-corrected chi connectivity index (χ0v) is 15.0. The number of thiophene rings is 1. The van der Waals surface area contributed by atoms with Crippen LogP contribution in [-0.4, -0.2) is 18.6 Å². The van der Waals surface area contributed by atoms with Crippen LogP contribution >= 0.6 is 11.3 Å². The minimum Gasteiger partial charge on any atom is -0.454 e. The fourth-order valence-corrected chi connectivity index (χ4v) is 3.33. The summed E-state index contributed by atoms with van der Waals surface area (Å²) < 4.78 is 10.6. The molecule has 136 valence electrons. The first-order valence-corrected chi connectivity index (χ1v) is 9.19. The summed E-state index contributed by atoms with van der Waals surface area (Å²) in [4.78, 5) is 25.5. The first kappa shape index (κ1) is 17.1. The number of benzene rings is 2. The molecule has 0 aliphatic carbocycles. The summed E-state index contributed by atoms with van der Waals surface area (Å²) >= 11 is 1.35. The zero-order valence-electron chi connectivity index (χ0n) is 14.2. The van der Waals surface area contributed by atoms with Gasteiger partial charge in [-0.05, 0) is 41.3 Å². The number of para-hydroxylation sites is 1. The van der Waals surface area contributed by atoms with Crippen LogP contribution in [-0.2, 0) is 6.54 Å². The van der Waals surface area contributed by atoms with Gasteiger partial charge in [-0.2, -0.15) is 0 Å². The van der Waals surface area contributed by atoms with Crippen molar-refractivity contribution in [2.45, 2.75) is 6.54 Å². The summed E-state index contributed by atoms with van der Waals surface area (Å²) in [5.41, 5.74) is 1.77. The second kappa shape index (κ2) is 7.51. The van der Waals surface area contributed by atoms with Crippen LogP contribution in [0.3, 0.4) is 0 Å². The van der Waals surface area contributed by atoms with Gasteiger partial charge < -0.3 is 20.1 Å². The van der Waals surface area contributed by atoms with Gasteiger partial charge in [0.1, 0.15) is 0 Å². The molecule has 2 N–H and O–H groups in total. The van der Waals surface area contributed by atoms with Crippen LogP contribution in [0.4, 0.5) is 5.69 Å². The average molecular weight is 380 g/mol. The predicted molar refractivity (Wildman–Crippen MR) is 102 cm³/mol. The predicted octanol–water partition coefficient (Wildman–Crippen LogP) is 3.66. The molecule has 4 rings (SSSR count). The van der Waals surface area contributed by atoms with Crippen LogP contribution in [0, 0.1) is 0 Å². The smallest absolute Gasteiger partial charge is 0.265 e. The van der Waals surface area contributed by atoms with Crippen LogP contribution in [0.5, 0.6) is 11.5 Å². The highest BCUT2D eigenvalue weighted by molar-refractivity contribution is 7.12. The molecule has 27 heavy (non-hydrogen) atoms. The number of hydrogen-bond acceptors (Lipinski definition) is 5. The van der Waals surface area contributed by atoms with E-state index in [-0.39, 0.29) is 18.6 Å². The lowest BCUT2D eigenvalue weighted by molar-refractivity contribution is 0.0951. The molecule has 0 unspecified atom stereocenters. The van der Waals surface area contributed by atoms with E-state index in [9.17, 15) is 9.59 Å². The molecule has 1 aromatic heterocycles. The molecule has 0 radical (unpaired) electrons. The highest BCUT2D eigenvalue weighted by Crippen LogP contribution is 2.32. The molecule has 0 saturated heterocycles. The lowest BCUT2D eigenvalue weighted by Gasteiger charge is -2.11. The number of amides is 2. The second-order valence-electron chi connectivity index (χ2n) is 5.85. The molecule has 0 spiro atoms. The van der Waals surface area contributed by atoms with Gasteiger partial charge in [-0.25, -0.2) is 0 Å². The molecule has 7 heteroatoms. The molecule has 0 fully saturated rings. The van der Waals surface area contributed by atoms with E-state index in [0.717, 1.165) is 5.56 Å². The van der Waals surface area contributed by atoms with E-state index in [1.807, 2.05) is 29.6 Å². The van der Waals surface area contributed by atoms with Gasteiger partial charge in [-0.3, -0.25) is 9.59 Å². The number of nitrogens with one attached hydrogen (secondary N) is 2. The van der Waals surface area contributed by atoms with Crippen molar-refractivity contribution >= 4 is 28.8 Å². The molecule has 0 saturated carbocycles. The van der Waals surface area contributed by atoms with Crippen molar-refractivity contribution in [3.63, 3.8) is 0 Å². The summed E-state index contributed by atoms with van der Waals surface area (Å²) in [6.45, 7) is 0.547. The van der Waals surface area contributed by atoms with E-state index in [1.54, 1.807) is 30.3 Å². The van der Waals surface area contributed by atoms with Crippen molar-refractivity contribution in [3.8, 4) is 11.5 Å². The first-order valence-electron chi connectivity index (χ1n) is 8.31. The normalized spacial score (nSPS) is 11.9. The molecule has 1 aliphatic heterocycles. The van der Waals surface area contributed by atoms with Gasteiger partial charge in [0.15, 0.2) is 11.5 Å². The quantitative estimate of drug-likeness (QED) is 0.708. The van der Waals surface area contributed by atoms with Gasteiger partial charge >= 0.3 is 0 Å². The lowest BCUT2D eigenvalue weighted by Crippen LogP contribution is -2.24. The summed E-state index contributed by atoms with van der Waals surface area (Å²) in [6.07, 6.45) is 0. The van der Waals surface area contributed by atoms with Gasteiger partial charge in [-0.1, -0.05) is 24.3 Å². The Labute approximate surface area is 159 Å². The van der Waals surface area contributed by atoms with Crippen LogP contribution in [0.15, 0.2) is 60.0 Å². The van der Waals surface area contributed by atoms with E-state index in [4.69, 9.17) is 9.47 Å². The Bertz CT molecular complexity index is 985. The molecule has 3 aromatic rings. The number of carbonyl (C=O) groups is 2. The topological polar surface area (TPSA) is 76.7 Å². The molecular formula is C20H16N2O4S. The number of rotatable bonds is 5. The Hall–Kier alpha value is -3.32. The third-order valence-corrected chi connectivity index (χ3v) is 4.92. The van der Waals surface area contributed by atoms with Gasteiger partial charge in [0.25, 0.3) is 11.8 Å². The second-order valence-corrected chi connectivity index (χ2v) is 6.79. The summed E-state index contributed by atoms with van der Waals surface area (Å²) in [5.74, 6) is 0.868. The third-order valence-electron chi connectivity index (χ3n) is 4.05. The van der Waals surface area contributed by atoms with Gasteiger partial charge in [0, 0.05) is 6.54 Å². The maximum Gasteiger partial charge on any atom is 0.265 e. The average Bonchev–Trinajstić information content (AvgIpc) is 3.38. The number of anilines is 1. The van der Waals surface area contributed by atoms with Gasteiger partial charge in [-0.15, -0.1) is 11.3 Å². The highest BCUT2D eigenvalue weighted by atomic mass is 32.1. The molecule has 0 bridgehead atoms. The number of fused-ring (bicyclic) bond motifs is 1. The van der Waals surface area contributed by atoms with Crippen molar-refractivity contribution in [1.82, 2.24) is 5.32 Å². The minimum atomic E-state index is -0.269. The van der Waals surface area contributed by atoms with Crippen molar-refractivity contribution in [2.24, 2.45) is 0 Å². The third kappa shape index (κ3) is 3.78. The summed E-state index contributed by atoms with van der Waals surface area (Å²) in [7, 11) is 0. The van der Waals surface area contributed by atoms with E-state index in [0.29, 0.717) is 34.2 Å². The maximum atomic E-state index is 12.6. The van der Waals surface area contributed by atoms with E-state index < -0.39 is 0 Å². The summed E-state index contributed by atoms with van der Waals surface area (Å²) in [5, 5.41) is 7.50. The summed E-state index contributed by atoms with van der Waals surface area (Å²) in [6, 6.07) is 16.0. The molecule has 2 aromatic carbocycles. The maximum absolute atomic E-state index is 12.6. The van der Waals surface area contributed by atoms with Gasteiger partial charge in [0.2, 0.25) is 6.79 Å². The Kier molecular flexibility index (Phi) is 4.76. The van der Waals surface area contributed by atoms with E-state index >= 15 is 0 Å².